The summed E-state index contributed by atoms with van der Waals surface area (Å²) >= 11 is 0. The summed E-state index contributed by atoms with van der Waals surface area (Å²) in [7, 11) is -3.55. The quantitative estimate of drug-likeness (QED) is 0.705. The first-order valence-electron chi connectivity index (χ1n) is 10.3. The molecule has 1 aliphatic heterocycles. The van der Waals surface area contributed by atoms with Crippen molar-refractivity contribution in [3.63, 3.8) is 0 Å². The van der Waals surface area contributed by atoms with Crippen molar-refractivity contribution in [1.29, 1.82) is 0 Å². The highest BCUT2D eigenvalue weighted by Gasteiger charge is 2.32. The molecule has 3 rings (SSSR count). The summed E-state index contributed by atoms with van der Waals surface area (Å²) in [6, 6.07) is 12.7. The molecule has 2 aromatic rings. The lowest BCUT2D eigenvalue weighted by atomic mass is 10.1. The summed E-state index contributed by atoms with van der Waals surface area (Å²) in [4.78, 5) is 15.0. The van der Waals surface area contributed by atoms with Gasteiger partial charge in [0.2, 0.25) is 10.0 Å². The maximum atomic E-state index is 13.0. The molecule has 1 fully saturated rings. The minimum Gasteiger partial charge on any atom is -0.481 e. The van der Waals surface area contributed by atoms with Gasteiger partial charge in [0.25, 0.3) is 5.91 Å². The lowest BCUT2D eigenvalue weighted by Gasteiger charge is -2.35. The average Bonchev–Trinajstić information content (AvgIpc) is 2.74. The number of ether oxygens (including phenoxy) is 1. The van der Waals surface area contributed by atoms with Gasteiger partial charge >= 0.3 is 0 Å². The Balaban J connectivity index is 1.63. The Morgan fingerprint density at radius 3 is 2.17 bits per heavy atom. The molecule has 1 unspecified atom stereocenters. The van der Waals surface area contributed by atoms with Gasteiger partial charge in [0, 0.05) is 26.2 Å². The van der Waals surface area contributed by atoms with Crippen molar-refractivity contribution in [1.82, 2.24) is 9.21 Å². The number of benzene rings is 2. The monoisotopic (exact) mass is 430 g/mol. The number of carbonyl (C=O) groups excluding carboxylic acids is 1. The zero-order valence-corrected chi connectivity index (χ0v) is 18.9. The van der Waals surface area contributed by atoms with E-state index < -0.39 is 16.1 Å². The van der Waals surface area contributed by atoms with Crippen molar-refractivity contribution >= 4 is 15.9 Å². The molecule has 162 valence electrons. The van der Waals surface area contributed by atoms with Gasteiger partial charge in [-0.1, -0.05) is 30.7 Å². The molecule has 2 aromatic carbocycles. The number of sulfonamides is 1. The summed E-state index contributed by atoms with van der Waals surface area (Å²) < 4.78 is 33.1. The predicted molar refractivity (Wildman–Crippen MR) is 117 cm³/mol. The molecule has 0 aromatic heterocycles. The van der Waals surface area contributed by atoms with E-state index in [-0.39, 0.29) is 23.9 Å². The summed E-state index contributed by atoms with van der Waals surface area (Å²) in [5.74, 6) is 0.585. The van der Waals surface area contributed by atoms with Gasteiger partial charge in [0.05, 0.1) is 4.90 Å². The highest BCUT2D eigenvalue weighted by atomic mass is 32.2. The van der Waals surface area contributed by atoms with Crippen LogP contribution < -0.4 is 4.74 Å². The topological polar surface area (TPSA) is 66.9 Å². The number of piperazine rings is 1. The number of nitrogens with zero attached hydrogens (tertiary/aromatic N) is 2. The van der Waals surface area contributed by atoms with Crippen LogP contribution in [0, 0.1) is 20.8 Å². The number of amides is 1. The second-order valence-electron chi connectivity index (χ2n) is 7.80. The van der Waals surface area contributed by atoms with E-state index in [1.807, 2.05) is 45.9 Å². The average molecular weight is 431 g/mol. The fraction of sp³-hybridized carbons (Fsp3) is 0.435. The molecule has 6 nitrogen and oxygen atoms in total. The van der Waals surface area contributed by atoms with E-state index in [0.29, 0.717) is 25.3 Å². The van der Waals surface area contributed by atoms with Gasteiger partial charge in [-0.15, -0.1) is 0 Å². The van der Waals surface area contributed by atoms with Crippen LogP contribution in [0.1, 0.15) is 30.0 Å². The minimum atomic E-state index is -3.55. The van der Waals surface area contributed by atoms with Gasteiger partial charge in [-0.25, -0.2) is 8.42 Å². The Morgan fingerprint density at radius 2 is 1.60 bits per heavy atom. The van der Waals surface area contributed by atoms with Crippen LogP contribution in [-0.2, 0) is 14.8 Å². The molecule has 1 saturated heterocycles. The molecular formula is C23H30N2O4S. The van der Waals surface area contributed by atoms with Gasteiger partial charge < -0.3 is 9.64 Å². The molecule has 1 atom stereocenters. The lowest BCUT2D eigenvalue weighted by molar-refractivity contribution is -0.140. The number of aryl methyl sites for hydroxylation is 3. The molecule has 1 heterocycles. The van der Waals surface area contributed by atoms with Crippen LogP contribution in [0.3, 0.4) is 0 Å². The van der Waals surface area contributed by atoms with Gasteiger partial charge in [0.1, 0.15) is 5.75 Å². The number of hydrogen-bond donors (Lipinski definition) is 0. The fourth-order valence-electron chi connectivity index (χ4n) is 3.47. The molecule has 1 aliphatic rings. The Bertz CT molecular complexity index is 994. The maximum absolute atomic E-state index is 13.0. The zero-order chi connectivity index (χ0) is 21.9. The highest BCUT2D eigenvalue weighted by molar-refractivity contribution is 7.89. The molecular weight excluding hydrogens is 400 g/mol. The third kappa shape index (κ3) is 4.84. The third-order valence-electron chi connectivity index (χ3n) is 5.61. The molecule has 0 spiro atoms. The first-order chi connectivity index (χ1) is 14.2. The zero-order valence-electron chi connectivity index (χ0n) is 18.1. The van der Waals surface area contributed by atoms with Crippen LogP contribution in [0.5, 0.6) is 5.75 Å². The summed E-state index contributed by atoms with van der Waals surface area (Å²) in [6.07, 6.45) is -0.0273. The smallest absolute Gasteiger partial charge is 0.263 e. The van der Waals surface area contributed by atoms with E-state index in [1.165, 1.54) is 9.87 Å². The Hall–Kier alpha value is -2.38. The molecule has 0 aliphatic carbocycles. The van der Waals surface area contributed by atoms with E-state index >= 15 is 0 Å². The van der Waals surface area contributed by atoms with E-state index in [1.54, 1.807) is 29.2 Å². The van der Waals surface area contributed by atoms with Crippen LogP contribution in [0.15, 0.2) is 47.4 Å². The molecule has 30 heavy (non-hydrogen) atoms. The van der Waals surface area contributed by atoms with Gasteiger partial charge in [0.15, 0.2) is 6.10 Å². The van der Waals surface area contributed by atoms with Crippen LogP contribution >= 0.6 is 0 Å². The SMILES string of the molecule is CCC(Oc1ccc(C)c(C)c1)C(=O)N1CCN(S(=O)(=O)c2ccc(C)cc2)CC1. The standard InChI is InChI=1S/C23H30N2O4S/c1-5-22(29-20-9-8-18(3)19(4)16-20)23(26)24-12-14-25(15-13-24)30(27,28)21-10-6-17(2)7-11-21/h6-11,16,22H,5,12-15H2,1-4H3. The van der Waals surface area contributed by atoms with E-state index in [4.69, 9.17) is 4.74 Å². The Morgan fingerprint density at radius 1 is 0.967 bits per heavy atom. The first kappa shape index (κ1) is 22.3. The molecule has 0 radical (unpaired) electrons. The van der Waals surface area contributed by atoms with Crippen LogP contribution in [0.2, 0.25) is 0 Å². The maximum Gasteiger partial charge on any atom is 0.263 e. The number of rotatable bonds is 6. The molecule has 7 heteroatoms. The normalized spacial score (nSPS) is 16.3. The van der Waals surface area contributed by atoms with Gasteiger partial charge in [-0.2, -0.15) is 4.31 Å². The third-order valence-corrected chi connectivity index (χ3v) is 7.52. The molecule has 0 saturated carbocycles. The van der Waals surface area contributed by atoms with E-state index in [9.17, 15) is 13.2 Å². The highest BCUT2D eigenvalue weighted by Crippen LogP contribution is 2.21. The summed E-state index contributed by atoms with van der Waals surface area (Å²) in [5, 5.41) is 0. The molecule has 1 amide bonds. The largest absolute Gasteiger partial charge is 0.481 e. The summed E-state index contributed by atoms with van der Waals surface area (Å²) in [6.45, 7) is 9.16. The second-order valence-corrected chi connectivity index (χ2v) is 9.74. The molecule has 0 N–H and O–H groups in total. The van der Waals surface area contributed by atoms with Crippen LogP contribution in [0.4, 0.5) is 0 Å². The number of carbonyl (C=O) groups is 1. The van der Waals surface area contributed by atoms with Crippen molar-refractivity contribution in [2.45, 2.75) is 45.1 Å². The van der Waals surface area contributed by atoms with Crippen molar-refractivity contribution in [2.24, 2.45) is 0 Å². The minimum absolute atomic E-state index is 0.0943. The van der Waals surface area contributed by atoms with Gasteiger partial charge in [-0.3, -0.25) is 4.79 Å². The van der Waals surface area contributed by atoms with E-state index in [2.05, 4.69) is 0 Å². The Labute approximate surface area is 179 Å². The summed E-state index contributed by atoms with van der Waals surface area (Å²) in [5.41, 5.74) is 3.30. The molecule has 0 bridgehead atoms. The predicted octanol–water partition coefficient (Wildman–Crippen LogP) is 3.30. The van der Waals surface area contributed by atoms with E-state index in [0.717, 1.165) is 11.1 Å². The first-order valence-corrected chi connectivity index (χ1v) is 11.8. The fourth-order valence-corrected chi connectivity index (χ4v) is 4.89. The van der Waals surface area contributed by atoms with Crippen molar-refractivity contribution < 1.29 is 17.9 Å². The van der Waals surface area contributed by atoms with Crippen molar-refractivity contribution in [3.05, 3.63) is 59.2 Å². The van der Waals surface area contributed by atoms with Crippen molar-refractivity contribution in [3.8, 4) is 5.75 Å². The Kier molecular flexibility index (Phi) is 6.83. The van der Waals surface area contributed by atoms with Crippen LogP contribution in [-0.4, -0.2) is 55.8 Å². The van der Waals surface area contributed by atoms with Gasteiger partial charge in [-0.05, 0) is 62.6 Å². The number of hydrogen-bond acceptors (Lipinski definition) is 4. The van der Waals surface area contributed by atoms with Crippen LogP contribution in [0.25, 0.3) is 0 Å². The second kappa shape index (κ2) is 9.18. The lowest BCUT2D eigenvalue weighted by Crippen LogP contribution is -2.53. The van der Waals surface area contributed by atoms with Crippen molar-refractivity contribution in [2.75, 3.05) is 26.2 Å².